The second kappa shape index (κ2) is 7.62. The summed E-state index contributed by atoms with van der Waals surface area (Å²) in [5.74, 6) is 4.15. The van der Waals surface area contributed by atoms with E-state index in [1.807, 2.05) is 0 Å². The smallest absolute Gasteiger partial charge is 0.135 e. The van der Waals surface area contributed by atoms with Crippen molar-refractivity contribution >= 4 is 11.6 Å². The molecule has 1 aromatic rings. The van der Waals surface area contributed by atoms with Gasteiger partial charge in [0, 0.05) is 24.6 Å². The van der Waals surface area contributed by atoms with Crippen LogP contribution in [0, 0.1) is 12.8 Å². The Morgan fingerprint density at radius 1 is 1.10 bits per heavy atom. The van der Waals surface area contributed by atoms with Crippen molar-refractivity contribution in [2.24, 2.45) is 5.92 Å². The molecule has 0 unspecified atom stereocenters. The predicted molar refractivity (Wildman–Crippen MR) is 90.1 cm³/mol. The van der Waals surface area contributed by atoms with Crippen LogP contribution in [0.1, 0.15) is 70.2 Å². The van der Waals surface area contributed by atoms with Crippen molar-refractivity contribution < 1.29 is 0 Å². The van der Waals surface area contributed by atoms with Crippen LogP contribution >= 0.6 is 0 Å². The summed E-state index contributed by atoms with van der Waals surface area (Å²) in [4.78, 5) is 9.36. The molecule has 0 spiro atoms. The summed E-state index contributed by atoms with van der Waals surface area (Å²) in [5, 5.41) is 6.89. The van der Waals surface area contributed by atoms with Crippen molar-refractivity contribution in [3.05, 3.63) is 11.4 Å². The van der Waals surface area contributed by atoms with Crippen molar-refractivity contribution in [3.8, 4) is 0 Å². The van der Waals surface area contributed by atoms with Gasteiger partial charge in [0.1, 0.15) is 17.5 Å². The largest absolute Gasteiger partial charge is 0.370 e. The number of nitrogens with one attached hydrogen (secondary N) is 2. The second-order valence-electron chi connectivity index (χ2n) is 6.45. The lowest BCUT2D eigenvalue weighted by Gasteiger charge is -2.17. The Labute approximate surface area is 129 Å². The molecule has 1 saturated carbocycles. The minimum absolute atomic E-state index is 0.346. The van der Waals surface area contributed by atoms with Gasteiger partial charge in [0.15, 0.2) is 0 Å². The number of rotatable bonds is 7. The second-order valence-corrected chi connectivity index (χ2v) is 6.45. The van der Waals surface area contributed by atoms with Crippen LogP contribution in [0.25, 0.3) is 0 Å². The summed E-state index contributed by atoms with van der Waals surface area (Å²) in [7, 11) is 0. The van der Waals surface area contributed by atoms with Crippen LogP contribution in [0.3, 0.4) is 0 Å². The molecule has 0 atom stereocenters. The molecule has 1 aliphatic rings. The molecule has 0 saturated heterocycles. The minimum atomic E-state index is 0.346. The molecule has 2 N–H and O–H groups in total. The third kappa shape index (κ3) is 4.32. The van der Waals surface area contributed by atoms with Crippen LogP contribution in [0.2, 0.25) is 0 Å². The SMILES string of the molecule is CCNc1nc(C(C)C)nc(NCCC2CCCC2)c1C. The Hall–Kier alpha value is -1.32. The molecule has 0 amide bonds. The van der Waals surface area contributed by atoms with Gasteiger partial charge < -0.3 is 10.6 Å². The number of hydrogen-bond acceptors (Lipinski definition) is 4. The zero-order chi connectivity index (χ0) is 15.2. The van der Waals surface area contributed by atoms with E-state index < -0.39 is 0 Å². The first-order chi connectivity index (χ1) is 10.1. The summed E-state index contributed by atoms with van der Waals surface area (Å²) in [6, 6.07) is 0. The normalized spacial score (nSPS) is 15.7. The molecule has 0 radical (unpaired) electrons. The molecule has 1 fully saturated rings. The Morgan fingerprint density at radius 3 is 2.29 bits per heavy atom. The highest BCUT2D eigenvalue weighted by Gasteiger charge is 2.16. The van der Waals surface area contributed by atoms with Crippen LogP contribution in [-0.4, -0.2) is 23.1 Å². The number of nitrogens with zero attached hydrogens (tertiary/aromatic N) is 2. The fourth-order valence-electron chi connectivity index (χ4n) is 3.00. The first kappa shape index (κ1) is 16.1. The fraction of sp³-hybridized carbons (Fsp3) is 0.765. The van der Waals surface area contributed by atoms with Gasteiger partial charge >= 0.3 is 0 Å². The van der Waals surface area contributed by atoms with Gasteiger partial charge in [-0.3, -0.25) is 0 Å². The van der Waals surface area contributed by atoms with Crippen molar-refractivity contribution in [1.82, 2.24) is 9.97 Å². The maximum absolute atomic E-state index is 4.72. The van der Waals surface area contributed by atoms with Gasteiger partial charge in [-0.05, 0) is 26.2 Å². The van der Waals surface area contributed by atoms with Gasteiger partial charge in [0.05, 0.1) is 0 Å². The van der Waals surface area contributed by atoms with E-state index in [0.717, 1.165) is 42.0 Å². The third-order valence-corrected chi connectivity index (χ3v) is 4.34. The summed E-state index contributed by atoms with van der Waals surface area (Å²) in [6.45, 7) is 10.4. The molecule has 4 heteroatoms. The highest BCUT2D eigenvalue weighted by atomic mass is 15.1. The van der Waals surface area contributed by atoms with E-state index in [-0.39, 0.29) is 0 Å². The first-order valence-corrected chi connectivity index (χ1v) is 8.48. The Balaban J connectivity index is 2.05. The molecule has 21 heavy (non-hydrogen) atoms. The van der Waals surface area contributed by atoms with Gasteiger partial charge in [0.2, 0.25) is 0 Å². The van der Waals surface area contributed by atoms with E-state index in [2.05, 4.69) is 43.3 Å². The average Bonchev–Trinajstić information content (AvgIpc) is 2.96. The molecular weight excluding hydrogens is 260 g/mol. The quantitative estimate of drug-likeness (QED) is 0.784. The zero-order valence-electron chi connectivity index (χ0n) is 14.0. The molecule has 2 rings (SSSR count). The topological polar surface area (TPSA) is 49.8 Å². The first-order valence-electron chi connectivity index (χ1n) is 8.48. The van der Waals surface area contributed by atoms with Crippen molar-refractivity contribution in [2.75, 3.05) is 23.7 Å². The van der Waals surface area contributed by atoms with E-state index in [1.165, 1.54) is 32.1 Å². The van der Waals surface area contributed by atoms with Crippen LogP contribution in [0.5, 0.6) is 0 Å². The Kier molecular flexibility index (Phi) is 5.83. The number of hydrogen-bond donors (Lipinski definition) is 2. The summed E-state index contributed by atoms with van der Waals surface area (Å²) in [6.07, 6.45) is 6.91. The molecule has 1 heterocycles. The van der Waals surface area contributed by atoms with Crippen LogP contribution < -0.4 is 10.6 Å². The third-order valence-electron chi connectivity index (χ3n) is 4.34. The summed E-state index contributed by atoms with van der Waals surface area (Å²) < 4.78 is 0. The van der Waals surface area contributed by atoms with E-state index in [9.17, 15) is 0 Å². The number of anilines is 2. The average molecular weight is 290 g/mol. The van der Waals surface area contributed by atoms with Crippen molar-refractivity contribution in [3.63, 3.8) is 0 Å². The van der Waals surface area contributed by atoms with E-state index in [1.54, 1.807) is 0 Å². The molecule has 4 nitrogen and oxygen atoms in total. The van der Waals surface area contributed by atoms with Gasteiger partial charge in [-0.15, -0.1) is 0 Å². The molecule has 118 valence electrons. The standard InChI is InChI=1S/C17H30N4/c1-5-18-16-13(4)17(21-15(20-16)12(2)3)19-11-10-14-8-6-7-9-14/h12,14H,5-11H2,1-4H3,(H2,18,19,20,21). The van der Waals surface area contributed by atoms with Crippen LogP contribution in [0.15, 0.2) is 0 Å². The van der Waals surface area contributed by atoms with Gasteiger partial charge in [-0.1, -0.05) is 39.5 Å². The van der Waals surface area contributed by atoms with Gasteiger partial charge in [-0.25, -0.2) is 9.97 Å². The fourth-order valence-corrected chi connectivity index (χ4v) is 3.00. The lowest BCUT2D eigenvalue weighted by Crippen LogP contribution is -2.14. The van der Waals surface area contributed by atoms with E-state index in [0.29, 0.717) is 5.92 Å². The Bertz CT molecular complexity index is 450. The molecule has 1 aliphatic carbocycles. The van der Waals surface area contributed by atoms with E-state index >= 15 is 0 Å². The number of aromatic nitrogens is 2. The molecule has 0 bridgehead atoms. The highest BCUT2D eigenvalue weighted by Crippen LogP contribution is 2.28. The van der Waals surface area contributed by atoms with Gasteiger partial charge in [0.25, 0.3) is 0 Å². The van der Waals surface area contributed by atoms with Gasteiger partial charge in [-0.2, -0.15) is 0 Å². The summed E-state index contributed by atoms with van der Waals surface area (Å²) in [5.41, 5.74) is 1.13. The zero-order valence-corrected chi connectivity index (χ0v) is 14.0. The molecular formula is C17H30N4. The lowest BCUT2D eigenvalue weighted by molar-refractivity contribution is 0.518. The monoisotopic (exact) mass is 290 g/mol. The molecule has 1 aromatic heterocycles. The predicted octanol–water partition coefficient (Wildman–Crippen LogP) is 4.33. The lowest BCUT2D eigenvalue weighted by atomic mass is 10.0. The highest BCUT2D eigenvalue weighted by molar-refractivity contribution is 5.57. The Morgan fingerprint density at radius 2 is 1.71 bits per heavy atom. The van der Waals surface area contributed by atoms with Crippen molar-refractivity contribution in [2.45, 2.75) is 65.7 Å². The van der Waals surface area contributed by atoms with Crippen molar-refractivity contribution in [1.29, 1.82) is 0 Å². The summed E-state index contributed by atoms with van der Waals surface area (Å²) >= 11 is 0. The minimum Gasteiger partial charge on any atom is -0.370 e. The maximum atomic E-state index is 4.72. The van der Waals surface area contributed by atoms with Crippen LogP contribution in [0.4, 0.5) is 11.6 Å². The van der Waals surface area contributed by atoms with Crippen LogP contribution in [-0.2, 0) is 0 Å². The maximum Gasteiger partial charge on any atom is 0.135 e. The molecule has 0 aromatic carbocycles. The van der Waals surface area contributed by atoms with E-state index in [4.69, 9.17) is 4.98 Å². The molecule has 0 aliphatic heterocycles.